The Morgan fingerprint density at radius 1 is 1.42 bits per heavy atom. The number of methoxy groups -OCH3 is 1. The van der Waals surface area contributed by atoms with Gasteiger partial charge in [-0.15, -0.1) is 0 Å². The Morgan fingerprint density at radius 2 is 2.08 bits per heavy atom. The summed E-state index contributed by atoms with van der Waals surface area (Å²) < 4.78 is 5.12. The van der Waals surface area contributed by atoms with Crippen molar-refractivity contribution in [3.05, 3.63) is 29.8 Å². The van der Waals surface area contributed by atoms with E-state index in [2.05, 4.69) is 5.48 Å². The molecule has 3 heteroatoms. The van der Waals surface area contributed by atoms with E-state index >= 15 is 0 Å². The van der Waals surface area contributed by atoms with E-state index in [9.17, 15) is 0 Å². The van der Waals surface area contributed by atoms with Crippen LogP contribution in [-0.4, -0.2) is 12.3 Å². The molecular formula is C9H13NO2. The van der Waals surface area contributed by atoms with E-state index in [0.29, 0.717) is 0 Å². The number of rotatable bonds is 3. The summed E-state index contributed by atoms with van der Waals surface area (Å²) in [7, 11) is 1.61. The number of ether oxygens (including phenoxy) is 1. The Morgan fingerprint density at radius 3 is 2.67 bits per heavy atom. The van der Waals surface area contributed by atoms with Gasteiger partial charge in [-0.2, -0.15) is 5.48 Å². The molecule has 0 aliphatic carbocycles. The third kappa shape index (κ3) is 1.75. The normalized spacial score (nSPS) is 12.6. The molecular weight excluding hydrogens is 154 g/mol. The number of benzene rings is 1. The Balaban J connectivity index is 2.96. The van der Waals surface area contributed by atoms with Crippen LogP contribution in [0, 0.1) is 0 Å². The van der Waals surface area contributed by atoms with Gasteiger partial charge in [0.1, 0.15) is 5.75 Å². The second kappa shape index (κ2) is 4.09. The molecule has 0 bridgehead atoms. The first-order valence-electron chi connectivity index (χ1n) is 3.82. The van der Waals surface area contributed by atoms with Crippen LogP contribution in [-0.2, 0) is 0 Å². The Bertz CT molecular complexity index is 250. The summed E-state index contributed by atoms with van der Waals surface area (Å²) in [6.45, 7) is 1.86. The quantitative estimate of drug-likeness (QED) is 0.674. The summed E-state index contributed by atoms with van der Waals surface area (Å²) in [5, 5.41) is 8.70. The number of hydrogen-bond donors (Lipinski definition) is 2. The molecule has 1 rings (SSSR count). The van der Waals surface area contributed by atoms with E-state index in [1.165, 1.54) is 0 Å². The Kier molecular flexibility index (Phi) is 3.08. The minimum absolute atomic E-state index is 0.110. The van der Waals surface area contributed by atoms with Crippen molar-refractivity contribution in [2.45, 2.75) is 13.0 Å². The number of hydrogen-bond acceptors (Lipinski definition) is 3. The number of para-hydroxylation sites is 1. The lowest BCUT2D eigenvalue weighted by molar-refractivity contribution is 0.132. The average Bonchev–Trinajstić information content (AvgIpc) is 2.16. The van der Waals surface area contributed by atoms with Gasteiger partial charge in [-0.3, -0.25) is 0 Å². The van der Waals surface area contributed by atoms with Crippen molar-refractivity contribution in [2.24, 2.45) is 0 Å². The van der Waals surface area contributed by atoms with Crippen molar-refractivity contribution >= 4 is 0 Å². The third-order valence-electron chi connectivity index (χ3n) is 1.80. The molecule has 0 aliphatic heterocycles. The van der Waals surface area contributed by atoms with E-state index in [1.54, 1.807) is 7.11 Å². The summed E-state index contributed by atoms with van der Waals surface area (Å²) >= 11 is 0. The van der Waals surface area contributed by atoms with Crippen LogP contribution in [0.25, 0.3) is 0 Å². The number of hydroxylamine groups is 1. The molecule has 0 radical (unpaired) electrons. The van der Waals surface area contributed by atoms with Crippen LogP contribution in [0.15, 0.2) is 24.3 Å². The van der Waals surface area contributed by atoms with Crippen LogP contribution in [0.2, 0.25) is 0 Å². The summed E-state index contributed by atoms with van der Waals surface area (Å²) in [5.41, 5.74) is 3.12. The Hall–Kier alpha value is -1.06. The highest BCUT2D eigenvalue weighted by Crippen LogP contribution is 2.23. The zero-order chi connectivity index (χ0) is 8.97. The third-order valence-corrected chi connectivity index (χ3v) is 1.80. The first kappa shape index (κ1) is 9.03. The molecule has 0 saturated heterocycles. The highest BCUT2D eigenvalue weighted by molar-refractivity contribution is 5.35. The predicted octanol–water partition coefficient (Wildman–Crippen LogP) is 1.73. The predicted molar refractivity (Wildman–Crippen MR) is 46.3 cm³/mol. The minimum Gasteiger partial charge on any atom is -0.496 e. The average molecular weight is 167 g/mol. The zero-order valence-corrected chi connectivity index (χ0v) is 7.24. The molecule has 0 saturated carbocycles. The number of nitrogens with one attached hydrogen (secondary N) is 1. The van der Waals surface area contributed by atoms with Crippen molar-refractivity contribution in [2.75, 3.05) is 7.11 Å². The van der Waals surface area contributed by atoms with Gasteiger partial charge in [-0.25, -0.2) is 0 Å². The fourth-order valence-electron chi connectivity index (χ4n) is 1.09. The van der Waals surface area contributed by atoms with Gasteiger partial charge in [0, 0.05) is 5.56 Å². The molecule has 0 amide bonds. The molecule has 0 fully saturated rings. The van der Waals surface area contributed by atoms with E-state index in [0.717, 1.165) is 11.3 Å². The van der Waals surface area contributed by atoms with Crippen molar-refractivity contribution in [3.63, 3.8) is 0 Å². The van der Waals surface area contributed by atoms with E-state index in [-0.39, 0.29) is 6.04 Å². The van der Waals surface area contributed by atoms with Gasteiger partial charge in [-0.1, -0.05) is 18.2 Å². The van der Waals surface area contributed by atoms with E-state index < -0.39 is 0 Å². The van der Waals surface area contributed by atoms with Gasteiger partial charge in [-0.05, 0) is 13.0 Å². The maximum atomic E-state index is 8.70. The molecule has 2 N–H and O–H groups in total. The standard InChI is InChI=1S/C9H13NO2/c1-7(10-11)8-5-3-4-6-9(8)12-2/h3-7,10-11H,1-2H3. The van der Waals surface area contributed by atoms with Gasteiger partial charge in [0.25, 0.3) is 0 Å². The molecule has 1 aromatic rings. The molecule has 0 heterocycles. The highest BCUT2D eigenvalue weighted by Gasteiger charge is 2.08. The van der Waals surface area contributed by atoms with Crippen molar-refractivity contribution in [1.82, 2.24) is 5.48 Å². The fraction of sp³-hybridized carbons (Fsp3) is 0.333. The molecule has 0 spiro atoms. The van der Waals surface area contributed by atoms with E-state index in [4.69, 9.17) is 9.94 Å². The van der Waals surface area contributed by atoms with Gasteiger partial charge in [0.2, 0.25) is 0 Å². The van der Waals surface area contributed by atoms with Gasteiger partial charge >= 0.3 is 0 Å². The lowest BCUT2D eigenvalue weighted by atomic mass is 10.1. The molecule has 1 atom stereocenters. The monoisotopic (exact) mass is 167 g/mol. The lowest BCUT2D eigenvalue weighted by Gasteiger charge is -2.12. The van der Waals surface area contributed by atoms with Crippen LogP contribution in [0.5, 0.6) is 5.75 Å². The summed E-state index contributed by atoms with van der Waals surface area (Å²) in [5.74, 6) is 0.784. The topological polar surface area (TPSA) is 41.5 Å². The summed E-state index contributed by atoms with van der Waals surface area (Å²) in [4.78, 5) is 0. The smallest absolute Gasteiger partial charge is 0.123 e. The lowest BCUT2D eigenvalue weighted by Crippen LogP contribution is -2.13. The zero-order valence-electron chi connectivity index (χ0n) is 7.24. The van der Waals surface area contributed by atoms with Gasteiger partial charge in [0.15, 0.2) is 0 Å². The van der Waals surface area contributed by atoms with Crippen LogP contribution in [0.3, 0.4) is 0 Å². The van der Waals surface area contributed by atoms with Gasteiger partial charge < -0.3 is 9.94 Å². The fourth-order valence-corrected chi connectivity index (χ4v) is 1.09. The SMILES string of the molecule is COc1ccccc1C(C)NO. The molecule has 0 aromatic heterocycles. The van der Waals surface area contributed by atoms with Crippen LogP contribution in [0.1, 0.15) is 18.5 Å². The minimum atomic E-state index is -0.110. The van der Waals surface area contributed by atoms with E-state index in [1.807, 2.05) is 31.2 Å². The van der Waals surface area contributed by atoms with Crippen molar-refractivity contribution in [3.8, 4) is 5.75 Å². The molecule has 66 valence electrons. The largest absolute Gasteiger partial charge is 0.496 e. The maximum absolute atomic E-state index is 8.70. The highest BCUT2D eigenvalue weighted by atomic mass is 16.5. The Labute approximate surface area is 71.9 Å². The van der Waals surface area contributed by atoms with Crippen LogP contribution in [0.4, 0.5) is 0 Å². The first-order chi connectivity index (χ1) is 5.79. The molecule has 0 aliphatic rings. The maximum Gasteiger partial charge on any atom is 0.123 e. The van der Waals surface area contributed by atoms with Crippen LogP contribution < -0.4 is 10.2 Å². The second-order valence-electron chi connectivity index (χ2n) is 2.59. The second-order valence-corrected chi connectivity index (χ2v) is 2.59. The van der Waals surface area contributed by atoms with Crippen molar-refractivity contribution in [1.29, 1.82) is 0 Å². The summed E-state index contributed by atoms with van der Waals surface area (Å²) in [6.07, 6.45) is 0. The molecule has 12 heavy (non-hydrogen) atoms. The van der Waals surface area contributed by atoms with Crippen molar-refractivity contribution < 1.29 is 9.94 Å². The molecule has 1 unspecified atom stereocenters. The van der Waals surface area contributed by atoms with Crippen LogP contribution >= 0.6 is 0 Å². The van der Waals surface area contributed by atoms with Gasteiger partial charge in [0.05, 0.1) is 13.2 Å². The molecule has 3 nitrogen and oxygen atoms in total. The molecule has 1 aromatic carbocycles. The first-order valence-corrected chi connectivity index (χ1v) is 3.82. The summed E-state index contributed by atoms with van der Waals surface area (Å²) in [6, 6.07) is 7.47.